The molecule has 66 valence electrons. The molecule has 0 aromatic rings. The SMILES string of the molecule is CCNCCCOC(=O)CC. The predicted molar refractivity (Wildman–Crippen MR) is 44.4 cm³/mol. The van der Waals surface area contributed by atoms with Gasteiger partial charge in [0.25, 0.3) is 0 Å². The number of carbonyl (C=O) groups is 1. The maximum absolute atomic E-state index is 10.6. The molecule has 0 aromatic heterocycles. The Morgan fingerprint density at radius 1 is 1.45 bits per heavy atom. The van der Waals surface area contributed by atoms with E-state index in [9.17, 15) is 4.79 Å². The highest BCUT2D eigenvalue weighted by atomic mass is 16.5. The summed E-state index contributed by atoms with van der Waals surface area (Å²) >= 11 is 0. The molecule has 0 radical (unpaired) electrons. The molecule has 3 nitrogen and oxygen atoms in total. The van der Waals surface area contributed by atoms with Crippen LogP contribution in [0.1, 0.15) is 26.7 Å². The Bertz CT molecular complexity index is 104. The molecule has 11 heavy (non-hydrogen) atoms. The lowest BCUT2D eigenvalue weighted by Gasteiger charge is -2.02. The lowest BCUT2D eigenvalue weighted by molar-refractivity contribution is -0.143. The summed E-state index contributed by atoms with van der Waals surface area (Å²) in [6, 6.07) is 0. The van der Waals surface area contributed by atoms with Crippen LogP contribution in [0.5, 0.6) is 0 Å². The van der Waals surface area contributed by atoms with Crippen LogP contribution in [-0.4, -0.2) is 25.7 Å². The summed E-state index contributed by atoms with van der Waals surface area (Å²) in [5.41, 5.74) is 0. The third-order valence-corrected chi connectivity index (χ3v) is 1.30. The molecule has 0 aliphatic carbocycles. The first-order chi connectivity index (χ1) is 5.31. The summed E-state index contributed by atoms with van der Waals surface area (Å²) in [4.78, 5) is 10.6. The van der Waals surface area contributed by atoms with Gasteiger partial charge in [-0.2, -0.15) is 0 Å². The fraction of sp³-hybridized carbons (Fsp3) is 0.875. The maximum atomic E-state index is 10.6. The summed E-state index contributed by atoms with van der Waals surface area (Å²) in [6.07, 6.45) is 1.38. The van der Waals surface area contributed by atoms with Gasteiger partial charge in [0.1, 0.15) is 0 Å². The van der Waals surface area contributed by atoms with Crippen molar-refractivity contribution in [3.63, 3.8) is 0 Å². The lowest BCUT2D eigenvalue weighted by Crippen LogP contribution is -2.16. The smallest absolute Gasteiger partial charge is 0.305 e. The number of rotatable bonds is 6. The Balaban J connectivity index is 2.95. The second kappa shape index (κ2) is 7.54. The van der Waals surface area contributed by atoms with Crippen molar-refractivity contribution in [2.75, 3.05) is 19.7 Å². The first-order valence-corrected chi connectivity index (χ1v) is 4.17. The van der Waals surface area contributed by atoms with Crippen molar-refractivity contribution >= 4 is 5.97 Å². The predicted octanol–water partition coefficient (Wildman–Crippen LogP) is 0.939. The number of hydrogen-bond donors (Lipinski definition) is 1. The molecule has 0 rings (SSSR count). The summed E-state index contributed by atoms with van der Waals surface area (Å²) in [6.45, 7) is 6.29. The highest BCUT2D eigenvalue weighted by Gasteiger charge is 1.95. The zero-order valence-electron chi connectivity index (χ0n) is 7.35. The Hall–Kier alpha value is -0.570. The van der Waals surface area contributed by atoms with Crippen LogP contribution in [0, 0.1) is 0 Å². The summed E-state index contributed by atoms with van der Waals surface area (Å²) in [7, 11) is 0. The van der Waals surface area contributed by atoms with Crippen molar-refractivity contribution in [1.29, 1.82) is 0 Å². The van der Waals surface area contributed by atoms with E-state index in [0.29, 0.717) is 13.0 Å². The molecule has 0 unspecified atom stereocenters. The van der Waals surface area contributed by atoms with Gasteiger partial charge in [-0.1, -0.05) is 13.8 Å². The van der Waals surface area contributed by atoms with Crippen LogP contribution in [0.25, 0.3) is 0 Å². The average Bonchev–Trinajstić information content (AvgIpc) is 2.04. The van der Waals surface area contributed by atoms with Crippen LogP contribution in [0.15, 0.2) is 0 Å². The molecule has 0 aliphatic rings. The van der Waals surface area contributed by atoms with E-state index in [-0.39, 0.29) is 5.97 Å². The molecule has 0 saturated heterocycles. The van der Waals surface area contributed by atoms with E-state index in [2.05, 4.69) is 12.2 Å². The van der Waals surface area contributed by atoms with E-state index >= 15 is 0 Å². The molecular formula is C8H17NO2. The Kier molecular flexibility index (Phi) is 7.15. The number of nitrogens with one attached hydrogen (secondary N) is 1. The zero-order valence-corrected chi connectivity index (χ0v) is 7.35. The minimum absolute atomic E-state index is 0.110. The number of hydrogen-bond acceptors (Lipinski definition) is 3. The van der Waals surface area contributed by atoms with Gasteiger partial charge in [-0.25, -0.2) is 0 Å². The molecular weight excluding hydrogens is 142 g/mol. The van der Waals surface area contributed by atoms with Gasteiger partial charge in [0.15, 0.2) is 0 Å². The van der Waals surface area contributed by atoms with E-state index in [1.165, 1.54) is 0 Å². The Morgan fingerprint density at radius 2 is 2.18 bits per heavy atom. The molecule has 0 amide bonds. The van der Waals surface area contributed by atoms with E-state index in [1.807, 2.05) is 0 Å². The van der Waals surface area contributed by atoms with Gasteiger partial charge in [0.2, 0.25) is 0 Å². The monoisotopic (exact) mass is 159 g/mol. The largest absolute Gasteiger partial charge is 0.466 e. The first kappa shape index (κ1) is 10.4. The molecule has 0 saturated carbocycles. The molecule has 0 aliphatic heterocycles. The van der Waals surface area contributed by atoms with Gasteiger partial charge in [-0.05, 0) is 19.5 Å². The lowest BCUT2D eigenvalue weighted by atomic mass is 10.4. The van der Waals surface area contributed by atoms with Gasteiger partial charge in [-0.3, -0.25) is 4.79 Å². The normalized spacial score (nSPS) is 9.64. The second-order valence-electron chi connectivity index (χ2n) is 2.28. The molecule has 3 heteroatoms. The van der Waals surface area contributed by atoms with E-state index < -0.39 is 0 Å². The van der Waals surface area contributed by atoms with Crippen molar-refractivity contribution in [2.24, 2.45) is 0 Å². The summed E-state index contributed by atoms with van der Waals surface area (Å²) in [5.74, 6) is -0.110. The van der Waals surface area contributed by atoms with Crippen LogP contribution < -0.4 is 5.32 Å². The Labute approximate surface area is 68.1 Å². The average molecular weight is 159 g/mol. The molecule has 0 aromatic carbocycles. The fourth-order valence-corrected chi connectivity index (χ4v) is 0.662. The minimum atomic E-state index is -0.110. The number of ether oxygens (including phenoxy) is 1. The topological polar surface area (TPSA) is 38.3 Å². The third kappa shape index (κ3) is 7.33. The highest BCUT2D eigenvalue weighted by molar-refractivity contribution is 5.68. The van der Waals surface area contributed by atoms with Crippen molar-refractivity contribution < 1.29 is 9.53 Å². The summed E-state index contributed by atoms with van der Waals surface area (Å²) < 4.78 is 4.86. The van der Waals surface area contributed by atoms with Crippen LogP contribution in [0.2, 0.25) is 0 Å². The maximum Gasteiger partial charge on any atom is 0.305 e. The molecule has 1 N–H and O–H groups in total. The minimum Gasteiger partial charge on any atom is -0.466 e. The van der Waals surface area contributed by atoms with Crippen LogP contribution >= 0.6 is 0 Å². The van der Waals surface area contributed by atoms with Gasteiger partial charge < -0.3 is 10.1 Å². The van der Waals surface area contributed by atoms with Gasteiger partial charge in [-0.15, -0.1) is 0 Å². The fourth-order valence-electron chi connectivity index (χ4n) is 0.662. The number of carbonyl (C=O) groups excluding carboxylic acids is 1. The van der Waals surface area contributed by atoms with Gasteiger partial charge in [0.05, 0.1) is 6.61 Å². The molecule has 0 heterocycles. The zero-order chi connectivity index (χ0) is 8.53. The van der Waals surface area contributed by atoms with Gasteiger partial charge in [0, 0.05) is 6.42 Å². The van der Waals surface area contributed by atoms with E-state index in [0.717, 1.165) is 19.5 Å². The second-order valence-corrected chi connectivity index (χ2v) is 2.28. The van der Waals surface area contributed by atoms with Crippen molar-refractivity contribution in [1.82, 2.24) is 5.32 Å². The van der Waals surface area contributed by atoms with Crippen LogP contribution in [-0.2, 0) is 9.53 Å². The van der Waals surface area contributed by atoms with Crippen molar-refractivity contribution in [3.8, 4) is 0 Å². The summed E-state index contributed by atoms with van der Waals surface area (Å²) in [5, 5.41) is 3.15. The van der Waals surface area contributed by atoms with Crippen molar-refractivity contribution in [3.05, 3.63) is 0 Å². The quantitative estimate of drug-likeness (QED) is 0.463. The highest BCUT2D eigenvalue weighted by Crippen LogP contribution is 1.86. The van der Waals surface area contributed by atoms with Crippen LogP contribution in [0.4, 0.5) is 0 Å². The van der Waals surface area contributed by atoms with E-state index in [1.54, 1.807) is 6.92 Å². The van der Waals surface area contributed by atoms with E-state index in [4.69, 9.17) is 4.74 Å². The standard InChI is InChI=1S/C8H17NO2/c1-3-8(10)11-7-5-6-9-4-2/h9H,3-7H2,1-2H3. The Morgan fingerprint density at radius 3 is 2.73 bits per heavy atom. The molecule has 0 atom stereocenters. The van der Waals surface area contributed by atoms with Gasteiger partial charge >= 0.3 is 5.97 Å². The van der Waals surface area contributed by atoms with Crippen molar-refractivity contribution in [2.45, 2.75) is 26.7 Å². The molecule has 0 bridgehead atoms. The third-order valence-electron chi connectivity index (χ3n) is 1.30. The first-order valence-electron chi connectivity index (χ1n) is 4.17. The number of esters is 1. The molecule has 0 fully saturated rings. The molecule has 0 spiro atoms. The van der Waals surface area contributed by atoms with Crippen LogP contribution in [0.3, 0.4) is 0 Å².